The molecule has 0 heterocycles. The highest BCUT2D eigenvalue weighted by atomic mass is 16.2. The quantitative estimate of drug-likeness (QED) is 0.702. The van der Waals surface area contributed by atoms with Gasteiger partial charge in [0.15, 0.2) is 0 Å². The molecular formula is C12H22N2O. The van der Waals surface area contributed by atoms with Gasteiger partial charge in [0, 0.05) is 25.0 Å². The molecule has 2 N–H and O–H groups in total. The Hall–Kier alpha value is -0.830. The summed E-state index contributed by atoms with van der Waals surface area (Å²) >= 11 is 0. The van der Waals surface area contributed by atoms with Crippen LogP contribution in [0.3, 0.4) is 0 Å². The summed E-state index contributed by atoms with van der Waals surface area (Å²) in [5, 5.41) is 0. The number of hydrogen-bond acceptors (Lipinski definition) is 2. The Kier molecular flexibility index (Phi) is 4.82. The Bertz CT molecular complexity index is 220. The Morgan fingerprint density at radius 3 is 2.67 bits per heavy atom. The molecule has 0 saturated heterocycles. The van der Waals surface area contributed by atoms with E-state index in [1.165, 1.54) is 12.8 Å². The van der Waals surface area contributed by atoms with Crippen molar-refractivity contribution in [1.82, 2.24) is 4.90 Å². The second-order valence-electron chi connectivity index (χ2n) is 4.45. The summed E-state index contributed by atoms with van der Waals surface area (Å²) in [6, 6.07) is 0.375. The van der Waals surface area contributed by atoms with E-state index < -0.39 is 0 Å². The Balaban J connectivity index is 2.55. The van der Waals surface area contributed by atoms with Crippen LogP contribution in [0.15, 0.2) is 12.7 Å². The van der Waals surface area contributed by atoms with E-state index in [0.717, 1.165) is 12.8 Å². The lowest BCUT2D eigenvalue weighted by molar-refractivity contribution is -0.133. The maximum atomic E-state index is 11.9. The predicted octanol–water partition coefficient (Wildman–Crippen LogP) is 1.68. The van der Waals surface area contributed by atoms with Gasteiger partial charge in [0.2, 0.25) is 5.91 Å². The summed E-state index contributed by atoms with van der Waals surface area (Å²) in [4.78, 5) is 13.9. The van der Waals surface area contributed by atoms with E-state index in [4.69, 9.17) is 5.73 Å². The summed E-state index contributed by atoms with van der Waals surface area (Å²) in [5.74, 6) is 0.178. The van der Waals surface area contributed by atoms with Crippen LogP contribution in [0.2, 0.25) is 0 Å². The highest BCUT2D eigenvalue weighted by Crippen LogP contribution is 2.24. The van der Waals surface area contributed by atoms with Crippen molar-refractivity contribution in [3.05, 3.63) is 12.7 Å². The van der Waals surface area contributed by atoms with Crippen LogP contribution in [0.5, 0.6) is 0 Å². The molecule has 0 bridgehead atoms. The minimum Gasteiger partial charge on any atom is -0.336 e. The van der Waals surface area contributed by atoms with Gasteiger partial charge in [-0.2, -0.15) is 0 Å². The van der Waals surface area contributed by atoms with E-state index in [1.807, 2.05) is 11.8 Å². The third-order valence-corrected chi connectivity index (χ3v) is 2.91. The van der Waals surface area contributed by atoms with Crippen molar-refractivity contribution >= 4 is 5.91 Å². The zero-order valence-electron chi connectivity index (χ0n) is 9.61. The fourth-order valence-corrected chi connectivity index (χ4v) is 2.20. The maximum Gasteiger partial charge on any atom is 0.224 e. The minimum absolute atomic E-state index is 0.0498. The number of carbonyl (C=O) groups is 1. The number of carbonyl (C=O) groups excluding carboxylic acids is 1. The molecule has 86 valence electrons. The molecule has 3 heteroatoms. The Labute approximate surface area is 92.3 Å². The van der Waals surface area contributed by atoms with Crippen LogP contribution >= 0.6 is 0 Å². The van der Waals surface area contributed by atoms with E-state index in [9.17, 15) is 4.79 Å². The average molecular weight is 210 g/mol. The minimum atomic E-state index is -0.0498. The van der Waals surface area contributed by atoms with E-state index >= 15 is 0 Å². The lowest BCUT2D eigenvalue weighted by Crippen LogP contribution is -2.41. The average Bonchev–Trinajstić information content (AvgIpc) is 2.65. The molecule has 0 radical (unpaired) electrons. The smallest absolute Gasteiger partial charge is 0.224 e. The second-order valence-corrected chi connectivity index (χ2v) is 4.45. The first-order chi connectivity index (χ1) is 7.15. The molecular weight excluding hydrogens is 188 g/mol. The molecule has 1 saturated carbocycles. The summed E-state index contributed by atoms with van der Waals surface area (Å²) in [6.45, 7) is 6.24. The Morgan fingerprint density at radius 2 is 2.20 bits per heavy atom. The molecule has 1 unspecified atom stereocenters. The van der Waals surface area contributed by atoms with Gasteiger partial charge in [0.25, 0.3) is 0 Å². The van der Waals surface area contributed by atoms with Gasteiger partial charge in [-0.1, -0.05) is 18.9 Å². The van der Waals surface area contributed by atoms with Crippen LogP contribution in [-0.4, -0.2) is 29.4 Å². The SMILES string of the molecule is C=CCN(C(=O)CC(C)N)C1CCCC1. The zero-order chi connectivity index (χ0) is 11.3. The number of hydrogen-bond donors (Lipinski definition) is 1. The van der Waals surface area contributed by atoms with Crippen molar-refractivity contribution in [1.29, 1.82) is 0 Å². The van der Waals surface area contributed by atoms with Gasteiger partial charge < -0.3 is 10.6 Å². The molecule has 15 heavy (non-hydrogen) atoms. The predicted molar refractivity (Wildman–Crippen MR) is 62.4 cm³/mol. The topological polar surface area (TPSA) is 46.3 Å². The van der Waals surface area contributed by atoms with Crippen LogP contribution < -0.4 is 5.73 Å². The van der Waals surface area contributed by atoms with Crippen molar-refractivity contribution in [2.75, 3.05) is 6.54 Å². The molecule has 1 aliphatic rings. The molecule has 1 fully saturated rings. The fraction of sp³-hybridized carbons (Fsp3) is 0.750. The van der Waals surface area contributed by atoms with Crippen molar-refractivity contribution in [3.63, 3.8) is 0 Å². The van der Waals surface area contributed by atoms with Gasteiger partial charge in [-0.05, 0) is 19.8 Å². The first kappa shape index (κ1) is 12.2. The lowest BCUT2D eigenvalue weighted by atomic mass is 10.1. The van der Waals surface area contributed by atoms with Crippen LogP contribution in [0.4, 0.5) is 0 Å². The van der Waals surface area contributed by atoms with Crippen molar-refractivity contribution in [2.45, 2.75) is 51.1 Å². The number of amides is 1. The molecule has 1 aliphatic carbocycles. The van der Waals surface area contributed by atoms with Crippen LogP contribution in [0.25, 0.3) is 0 Å². The summed E-state index contributed by atoms with van der Waals surface area (Å²) in [7, 11) is 0. The van der Waals surface area contributed by atoms with Crippen LogP contribution in [-0.2, 0) is 4.79 Å². The molecule has 3 nitrogen and oxygen atoms in total. The van der Waals surface area contributed by atoms with Crippen LogP contribution in [0.1, 0.15) is 39.0 Å². The van der Waals surface area contributed by atoms with Gasteiger partial charge in [0.1, 0.15) is 0 Å². The summed E-state index contributed by atoms with van der Waals surface area (Å²) < 4.78 is 0. The molecule has 1 rings (SSSR count). The fourth-order valence-electron chi connectivity index (χ4n) is 2.20. The number of nitrogens with two attached hydrogens (primary N) is 1. The van der Waals surface area contributed by atoms with E-state index in [2.05, 4.69) is 6.58 Å². The molecule has 0 aromatic heterocycles. The number of rotatable bonds is 5. The van der Waals surface area contributed by atoms with Crippen molar-refractivity contribution in [2.24, 2.45) is 5.73 Å². The van der Waals surface area contributed by atoms with Crippen molar-refractivity contribution < 1.29 is 4.79 Å². The van der Waals surface area contributed by atoms with Gasteiger partial charge in [-0.15, -0.1) is 6.58 Å². The van der Waals surface area contributed by atoms with Gasteiger partial charge in [0.05, 0.1) is 0 Å². The van der Waals surface area contributed by atoms with Gasteiger partial charge in [-0.25, -0.2) is 0 Å². The molecule has 1 amide bonds. The summed E-state index contributed by atoms with van der Waals surface area (Å²) in [6.07, 6.45) is 7.01. The van der Waals surface area contributed by atoms with Crippen molar-refractivity contribution in [3.8, 4) is 0 Å². The molecule has 0 aromatic rings. The normalized spacial score (nSPS) is 18.8. The molecule has 0 spiro atoms. The standard InChI is InChI=1S/C12H22N2O/c1-3-8-14(11-6-4-5-7-11)12(15)9-10(2)13/h3,10-11H,1,4-9,13H2,2H3. The second kappa shape index (κ2) is 5.91. The monoisotopic (exact) mass is 210 g/mol. The third-order valence-electron chi connectivity index (χ3n) is 2.91. The molecule has 1 atom stereocenters. The van der Waals surface area contributed by atoms with E-state index in [1.54, 1.807) is 6.08 Å². The van der Waals surface area contributed by atoms with E-state index in [-0.39, 0.29) is 11.9 Å². The maximum absolute atomic E-state index is 11.9. The third kappa shape index (κ3) is 3.67. The van der Waals surface area contributed by atoms with Gasteiger partial charge in [-0.3, -0.25) is 4.79 Å². The summed E-state index contributed by atoms with van der Waals surface area (Å²) in [5.41, 5.74) is 5.65. The largest absolute Gasteiger partial charge is 0.336 e. The zero-order valence-corrected chi connectivity index (χ0v) is 9.61. The highest BCUT2D eigenvalue weighted by Gasteiger charge is 2.25. The first-order valence-electron chi connectivity index (χ1n) is 5.81. The Morgan fingerprint density at radius 1 is 1.60 bits per heavy atom. The van der Waals surface area contributed by atoms with E-state index in [0.29, 0.717) is 19.0 Å². The number of nitrogens with zero attached hydrogens (tertiary/aromatic N) is 1. The highest BCUT2D eigenvalue weighted by molar-refractivity contribution is 5.77. The van der Waals surface area contributed by atoms with Gasteiger partial charge >= 0.3 is 0 Å². The van der Waals surface area contributed by atoms with Crippen LogP contribution in [0, 0.1) is 0 Å². The lowest BCUT2D eigenvalue weighted by Gasteiger charge is -2.28. The molecule has 0 aliphatic heterocycles. The molecule has 0 aromatic carbocycles. The first-order valence-corrected chi connectivity index (χ1v) is 5.81.